The van der Waals surface area contributed by atoms with Gasteiger partial charge in [-0.2, -0.15) is 16.8 Å². The summed E-state index contributed by atoms with van der Waals surface area (Å²) >= 11 is 0. The molecule has 0 aliphatic heterocycles. The van der Waals surface area contributed by atoms with Crippen molar-refractivity contribution in [2.75, 3.05) is 0 Å². The summed E-state index contributed by atoms with van der Waals surface area (Å²) in [6.07, 6.45) is 0. The third-order valence-electron chi connectivity index (χ3n) is 1.61. The van der Waals surface area contributed by atoms with E-state index in [1.54, 1.807) is 0 Å². The molecule has 0 radical (unpaired) electrons. The molecule has 1 aromatic carbocycles. The molecule has 0 fully saturated rings. The van der Waals surface area contributed by atoms with Crippen molar-refractivity contribution in [2.24, 2.45) is 0 Å². The van der Waals surface area contributed by atoms with Crippen molar-refractivity contribution < 1.29 is 53.2 Å². The number of hydrogen-bond donors (Lipinski definition) is 4. The van der Waals surface area contributed by atoms with Crippen LogP contribution in [0, 0.1) is 0 Å². The van der Waals surface area contributed by atoms with Crippen LogP contribution in [0.4, 0.5) is 0 Å². The van der Waals surface area contributed by atoms with Crippen LogP contribution in [0.5, 0.6) is 11.5 Å². The van der Waals surface area contributed by atoms with Gasteiger partial charge in [-0.25, -0.2) is 0 Å². The Kier molecular flexibility index (Phi) is 4.56. The van der Waals surface area contributed by atoms with E-state index in [2.05, 4.69) is 0 Å². The monoisotopic (exact) mass is 326 g/mol. The second-order valence-corrected chi connectivity index (χ2v) is 5.46. The maximum absolute atomic E-state index is 10.8. The van der Waals surface area contributed by atoms with Crippen molar-refractivity contribution >= 4 is 20.2 Å². The van der Waals surface area contributed by atoms with Crippen LogP contribution < -0.4 is 0 Å². The second-order valence-electron chi connectivity index (χ2n) is 2.71. The first-order chi connectivity index (χ1) is 7.05. The molecular weight excluding hydrogens is 320 g/mol. The Morgan fingerprint density at radius 1 is 0.882 bits per heavy atom. The Hall–Kier alpha value is -0.841. The van der Waals surface area contributed by atoms with Crippen LogP contribution in [0.25, 0.3) is 0 Å². The third-order valence-corrected chi connectivity index (χ3v) is 3.56. The van der Waals surface area contributed by atoms with E-state index in [4.69, 9.17) is 19.3 Å². The van der Waals surface area contributed by atoms with Crippen LogP contribution in [0.1, 0.15) is 0 Å². The maximum atomic E-state index is 10.8. The molecule has 0 heterocycles. The van der Waals surface area contributed by atoms with Gasteiger partial charge in [0.25, 0.3) is 20.2 Å². The Balaban J connectivity index is 0.00000256. The second kappa shape index (κ2) is 4.80. The fourth-order valence-electron chi connectivity index (χ4n) is 0.995. The zero-order chi connectivity index (χ0) is 12.7. The average Bonchev–Trinajstić information content (AvgIpc) is 2.05. The van der Waals surface area contributed by atoms with E-state index in [0.29, 0.717) is 12.1 Å². The molecule has 0 saturated heterocycles. The number of rotatable bonds is 2. The summed E-state index contributed by atoms with van der Waals surface area (Å²) < 4.78 is 60.4. The Labute approximate surface area is 107 Å². The van der Waals surface area contributed by atoms with E-state index in [9.17, 15) is 16.8 Å². The molecule has 0 unspecified atom stereocenters. The first-order valence-corrected chi connectivity index (χ1v) is 6.43. The molecule has 1 aromatic rings. The van der Waals surface area contributed by atoms with Gasteiger partial charge >= 0.3 is 0 Å². The topological polar surface area (TPSA) is 149 Å². The molecule has 0 aromatic heterocycles. The Bertz CT molecular complexity index is 632. The van der Waals surface area contributed by atoms with E-state index in [1.807, 2.05) is 0 Å². The molecular formula is C6H6FeO8S2. The van der Waals surface area contributed by atoms with Gasteiger partial charge in [0.2, 0.25) is 0 Å². The van der Waals surface area contributed by atoms with Gasteiger partial charge in [-0.1, -0.05) is 0 Å². The molecule has 0 amide bonds. The van der Waals surface area contributed by atoms with Gasteiger partial charge in [-0.15, -0.1) is 0 Å². The van der Waals surface area contributed by atoms with Crippen LogP contribution in [0.2, 0.25) is 0 Å². The molecule has 4 N–H and O–H groups in total. The summed E-state index contributed by atoms with van der Waals surface area (Å²) in [5.41, 5.74) is 0. The minimum atomic E-state index is -5.12. The van der Waals surface area contributed by atoms with Crippen LogP contribution in [-0.2, 0) is 37.3 Å². The maximum Gasteiger partial charge on any atom is 0.299 e. The molecule has 11 heteroatoms. The van der Waals surface area contributed by atoms with Gasteiger partial charge in [0.05, 0.1) is 0 Å². The molecule has 17 heavy (non-hydrogen) atoms. The van der Waals surface area contributed by atoms with Gasteiger partial charge in [-0.3, -0.25) is 9.11 Å². The van der Waals surface area contributed by atoms with Gasteiger partial charge < -0.3 is 10.2 Å². The first kappa shape index (κ1) is 16.2. The summed E-state index contributed by atoms with van der Waals surface area (Å²) in [7, 11) is -10.1. The average molecular weight is 326 g/mol. The number of phenolic OH excluding ortho intramolecular Hbond substituents is 2. The predicted molar refractivity (Wildman–Crippen MR) is 49.4 cm³/mol. The molecule has 0 aliphatic carbocycles. The molecule has 0 bridgehead atoms. The third kappa shape index (κ3) is 3.31. The zero-order valence-electron chi connectivity index (χ0n) is 7.75. The SMILES string of the molecule is O=S(=O)(O)c1ccc(O)c(O)c1S(=O)(=O)O.[Fe]. The van der Waals surface area contributed by atoms with E-state index in [1.165, 1.54) is 0 Å². The van der Waals surface area contributed by atoms with Crippen LogP contribution in [0.15, 0.2) is 21.9 Å². The van der Waals surface area contributed by atoms with Gasteiger partial charge in [0.15, 0.2) is 16.4 Å². The number of benzene rings is 1. The van der Waals surface area contributed by atoms with Crippen LogP contribution in [-0.4, -0.2) is 36.2 Å². The summed E-state index contributed by atoms with van der Waals surface area (Å²) in [5, 5.41) is 18.1. The number of phenols is 2. The first-order valence-electron chi connectivity index (χ1n) is 3.55. The predicted octanol–water partition coefficient (Wildman–Crippen LogP) is -0.411. The summed E-state index contributed by atoms with van der Waals surface area (Å²) in [6, 6.07) is 1.17. The van der Waals surface area contributed by atoms with Crippen molar-refractivity contribution in [1.82, 2.24) is 0 Å². The molecule has 8 nitrogen and oxygen atoms in total. The van der Waals surface area contributed by atoms with Crippen molar-refractivity contribution in [2.45, 2.75) is 9.79 Å². The fraction of sp³-hybridized carbons (Fsp3) is 0. The van der Waals surface area contributed by atoms with Gasteiger partial charge in [0, 0.05) is 17.1 Å². The molecule has 0 spiro atoms. The smallest absolute Gasteiger partial charge is 0.299 e. The summed E-state index contributed by atoms with van der Waals surface area (Å²) in [5.74, 6) is -2.32. The van der Waals surface area contributed by atoms with Gasteiger partial charge in [0.1, 0.15) is 4.90 Å². The van der Waals surface area contributed by atoms with E-state index in [0.717, 1.165) is 0 Å². The quantitative estimate of drug-likeness (QED) is 0.325. The number of aromatic hydroxyl groups is 2. The molecule has 1 rings (SSSR count). The Morgan fingerprint density at radius 2 is 1.35 bits per heavy atom. The van der Waals surface area contributed by atoms with Crippen LogP contribution in [0.3, 0.4) is 0 Å². The van der Waals surface area contributed by atoms with E-state index >= 15 is 0 Å². The normalized spacial score (nSPS) is 11.9. The number of hydrogen-bond acceptors (Lipinski definition) is 6. The Morgan fingerprint density at radius 3 is 1.71 bits per heavy atom. The fourth-order valence-corrected chi connectivity index (χ4v) is 2.87. The molecule has 0 atom stereocenters. The van der Waals surface area contributed by atoms with Crippen molar-refractivity contribution in [3.63, 3.8) is 0 Å². The zero-order valence-corrected chi connectivity index (χ0v) is 10.5. The molecule has 0 saturated carbocycles. The molecule has 0 aliphatic rings. The largest absolute Gasteiger partial charge is 0.504 e. The minimum absolute atomic E-state index is 0. The van der Waals surface area contributed by atoms with Crippen molar-refractivity contribution in [1.29, 1.82) is 0 Å². The van der Waals surface area contributed by atoms with E-state index in [-0.39, 0.29) is 17.1 Å². The minimum Gasteiger partial charge on any atom is -0.504 e. The van der Waals surface area contributed by atoms with Gasteiger partial charge in [-0.05, 0) is 12.1 Å². The van der Waals surface area contributed by atoms with Crippen molar-refractivity contribution in [3.8, 4) is 11.5 Å². The van der Waals surface area contributed by atoms with Crippen molar-refractivity contribution in [3.05, 3.63) is 12.1 Å². The van der Waals surface area contributed by atoms with Crippen LogP contribution >= 0.6 is 0 Å². The van der Waals surface area contributed by atoms with E-state index < -0.39 is 41.5 Å². The molecule has 98 valence electrons. The standard InChI is InChI=1S/C6H6O8S2.Fe/c7-3-1-2-4(15(9,10)11)6(5(3)8)16(12,13)14;/h1-2,7-8H,(H,9,10,11)(H,12,13,14);. The summed E-state index contributed by atoms with van der Waals surface area (Å²) in [4.78, 5) is -2.71. The summed E-state index contributed by atoms with van der Waals surface area (Å²) in [6.45, 7) is 0.